The van der Waals surface area contributed by atoms with Crippen LogP contribution >= 0.6 is 0 Å². The Balaban J connectivity index is 2.04. The molecule has 0 spiro atoms. The molecule has 2 rings (SSSR count). The molecule has 0 aliphatic carbocycles. The number of hydrogen-bond acceptors (Lipinski definition) is 6. The van der Waals surface area contributed by atoms with Crippen molar-refractivity contribution in [1.29, 1.82) is 0 Å². The summed E-state index contributed by atoms with van der Waals surface area (Å²) in [6.07, 6.45) is 0.666. The lowest BCUT2D eigenvalue weighted by atomic mass is 10.0. The lowest BCUT2D eigenvalue weighted by molar-refractivity contribution is 0.0696. The van der Waals surface area contributed by atoms with E-state index in [1.165, 1.54) is 11.5 Å². The van der Waals surface area contributed by atoms with Crippen molar-refractivity contribution in [3.05, 3.63) is 47.3 Å². The van der Waals surface area contributed by atoms with Crippen LogP contribution in [-0.4, -0.2) is 30.4 Å². The molecule has 0 fully saturated rings. The third-order valence-corrected chi connectivity index (χ3v) is 5.47. The number of nitrogens with zero attached hydrogens (tertiary/aromatic N) is 1. The summed E-state index contributed by atoms with van der Waals surface area (Å²) in [5.41, 5.74) is 2.21. The van der Waals surface area contributed by atoms with Gasteiger partial charge in [0, 0.05) is 12.5 Å². The van der Waals surface area contributed by atoms with Crippen molar-refractivity contribution in [3.63, 3.8) is 0 Å². The van der Waals surface area contributed by atoms with Crippen molar-refractivity contribution < 1.29 is 22.9 Å². The molecule has 0 saturated carbocycles. The third-order valence-electron chi connectivity index (χ3n) is 3.61. The number of sulfone groups is 1. The van der Waals surface area contributed by atoms with Crippen molar-refractivity contribution in [2.75, 3.05) is 5.75 Å². The second kappa shape index (κ2) is 7.59. The number of benzene rings is 1. The number of hydrogen-bond donors (Lipinski definition) is 2. The van der Waals surface area contributed by atoms with E-state index in [2.05, 4.69) is 5.16 Å². The number of aryl methyl sites for hydroxylation is 1. The summed E-state index contributed by atoms with van der Waals surface area (Å²) in [4.78, 5) is 11.5. The van der Waals surface area contributed by atoms with E-state index in [9.17, 15) is 13.2 Å². The molecule has 24 heavy (non-hydrogen) atoms. The van der Waals surface area contributed by atoms with Crippen LogP contribution in [0.15, 0.2) is 39.8 Å². The van der Waals surface area contributed by atoms with E-state index >= 15 is 0 Å². The normalized spacial score (nSPS) is 11.7. The fraction of sp³-hybridized carbons (Fsp3) is 0.375. The minimum Gasteiger partial charge on any atom is -0.361 e. The van der Waals surface area contributed by atoms with Crippen molar-refractivity contribution in [2.45, 2.75) is 37.5 Å². The minimum atomic E-state index is -3.40. The van der Waals surface area contributed by atoms with E-state index < -0.39 is 15.7 Å². The molecule has 0 unspecified atom stereocenters. The van der Waals surface area contributed by atoms with E-state index in [0.717, 1.165) is 5.56 Å². The van der Waals surface area contributed by atoms with Gasteiger partial charge in [-0.2, -0.15) is 0 Å². The highest BCUT2D eigenvalue weighted by Crippen LogP contribution is 2.25. The first-order valence-electron chi connectivity index (χ1n) is 7.57. The zero-order valence-corrected chi connectivity index (χ0v) is 14.3. The molecular formula is C16H20N2O5S. The van der Waals surface area contributed by atoms with E-state index in [4.69, 9.17) is 9.73 Å². The average Bonchev–Trinajstić information content (AvgIpc) is 3.02. The van der Waals surface area contributed by atoms with Gasteiger partial charge in [-0.1, -0.05) is 37.2 Å². The number of aromatic nitrogens is 1. The maximum Gasteiger partial charge on any atom is 0.296 e. The van der Waals surface area contributed by atoms with E-state index in [0.29, 0.717) is 23.5 Å². The van der Waals surface area contributed by atoms with E-state index in [-0.39, 0.29) is 17.4 Å². The standard InChI is InChI=1S/C16H20N2O5S/c1-11(2)13-7-3-4-8-15(13)24(21,22)9-5-6-12-10-14(18-23-12)16(19)17-20/h3-4,7-8,10-11,20H,5-6,9H2,1-2H3,(H,17,19). The molecule has 0 aliphatic rings. The molecule has 1 aromatic carbocycles. The molecular weight excluding hydrogens is 332 g/mol. The number of hydroxylamine groups is 1. The summed E-state index contributed by atoms with van der Waals surface area (Å²) >= 11 is 0. The molecule has 2 N–H and O–H groups in total. The average molecular weight is 352 g/mol. The largest absolute Gasteiger partial charge is 0.361 e. The second-order valence-corrected chi connectivity index (χ2v) is 7.81. The van der Waals surface area contributed by atoms with Crippen LogP contribution in [-0.2, 0) is 16.3 Å². The highest BCUT2D eigenvalue weighted by molar-refractivity contribution is 7.91. The first-order valence-corrected chi connectivity index (χ1v) is 9.22. The van der Waals surface area contributed by atoms with Gasteiger partial charge in [-0.25, -0.2) is 13.9 Å². The Kier molecular flexibility index (Phi) is 5.74. The van der Waals surface area contributed by atoms with Gasteiger partial charge in [0.05, 0.1) is 10.6 Å². The van der Waals surface area contributed by atoms with Gasteiger partial charge in [0.15, 0.2) is 15.5 Å². The van der Waals surface area contributed by atoms with Crippen molar-refractivity contribution >= 4 is 15.7 Å². The lowest BCUT2D eigenvalue weighted by Crippen LogP contribution is -2.18. The maximum atomic E-state index is 12.6. The van der Waals surface area contributed by atoms with Crippen LogP contribution in [0.5, 0.6) is 0 Å². The summed E-state index contributed by atoms with van der Waals surface area (Å²) in [7, 11) is -3.40. The quantitative estimate of drug-likeness (QED) is 0.584. The smallest absolute Gasteiger partial charge is 0.296 e. The molecule has 8 heteroatoms. The van der Waals surface area contributed by atoms with Crippen molar-refractivity contribution in [3.8, 4) is 0 Å². The van der Waals surface area contributed by atoms with Crippen LogP contribution in [0.4, 0.5) is 0 Å². The zero-order chi connectivity index (χ0) is 17.7. The fourth-order valence-corrected chi connectivity index (χ4v) is 4.08. The summed E-state index contributed by atoms with van der Waals surface area (Å²) in [5, 5.41) is 12.0. The Morgan fingerprint density at radius 3 is 2.71 bits per heavy atom. The van der Waals surface area contributed by atoms with Gasteiger partial charge < -0.3 is 4.52 Å². The summed E-state index contributed by atoms with van der Waals surface area (Å²) in [6.45, 7) is 3.91. The summed E-state index contributed by atoms with van der Waals surface area (Å²) in [5.74, 6) is -0.298. The van der Waals surface area contributed by atoms with Gasteiger partial charge in [0.2, 0.25) is 0 Å². The number of amides is 1. The van der Waals surface area contributed by atoms with Crippen LogP contribution in [0.25, 0.3) is 0 Å². The number of carbonyl (C=O) groups excluding carboxylic acids is 1. The first-order chi connectivity index (χ1) is 11.3. The number of rotatable bonds is 7. The van der Waals surface area contributed by atoms with Gasteiger partial charge in [-0.15, -0.1) is 0 Å². The van der Waals surface area contributed by atoms with E-state index in [1.54, 1.807) is 12.1 Å². The Morgan fingerprint density at radius 1 is 1.33 bits per heavy atom. The predicted octanol–water partition coefficient (Wildman–Crippen LogP) is 2.32. The monoisotopic (exact) mass is 352 g/mol. The summed E-state index contributed by atoms with van der Waals surface area (Å²) < 4.78 is 30.1. The molecule has 130 valence electrons. The molecule has 0 aliphatic heterocycles. The van der Waals surface area contributed by atoms with Crippen LogP contribution in [0, 0.1) is 0 Å². The molecule has 0 radical (unpaired) electrons. The minimum absolute atomic E-state index is 0.0288. The molecule has 1 aromatic heterocycles. The SMILES string of the molecule is CC(C)c1ccccc1S(=O)(=O)CCCc1cc(C(=O)NO)no1. The van der Waals surface area contributed by atoms with Crippen molar-refractivity contribution in [2.24, 2.45) is 0 Å². The van der Waals surface area contributed by atoms with Gasteiger partial charge in [-0.05, 0) is 24.0 Å². The Morgan fingerprint density at radius 2 is 2.04 bits per heavy atom. The summed E-state index contributed by atoms with van der Waals surface area (Å²) in [6, 6.07) is 8.38. The molecule has 1 heterocycles. The molecule has 1 amide bonds. The van der Waals surface area contributed by atoms with Gasteiger partial charge >= 0.3 is 0 Å². The molecule has 0 atom stereocenters. The van der Waals surface area contributed by atoms with Gasteiger partial charge in [-0.3, -0.25) is 10.0 Å². The Hall–Kier alpha value is -2.19. The molecule has 2 aromatic rings. The highest BCUT2D eigenvalue weighted by atomic mass is 32.2. The number of carbonyl (C=O) groups is 1. The molecule has 0 saturated heterocycles. The molecule has 7 nitrogen and oxygen atoms in total. The van der Waals surface area contributed by atoms with Gasteiger partial charge in [0.25, 0.3) is 5.91 Å². The first kappa shape index (κ1) is 18.2. The van der Waals surface area contributed by atoms with E-state index in [1.807, 2.05) is 26.0 Å². The second-order valence-electron chi connectivity index (χ2n) is 5.73. The predicted molar refractivity (Wildman–Crippen MR) is 86.7 cm³/mol. The topological polar surface area (TPSA) is 110 Å². The van der Waals surface area contributed by atoms with Gasteiger partial charge in [0.1, 0.15) is 5.76 Å². The zero-order valence-electron chi connectivity index (χ0n) is 13.5. The van der Waals surface area contributed by atoms with Crippen LogP contribution in [0.1, 0.15) is 48.0 Å². The lowest BCUT2D eigenvalue weighted by Gasteiger charge is -2.12. The fourth-order valence-electron chi connectivity index (χ4n) is 2.38. The Labute approximate surface area is 140 Å². The molecule has 0 bridgehead atoms. The van der Waals surface area contributed by atoms with Crippen LogP contribution in [0.3, 0.4) is 0 Å². The van der Waals surface area contributed by atoms with Crippen LogP contribution < -0.4 is 5.48 Å². The Bertz CT molecular complexity index is 811. The van der Waals surface area contributed by atoms with Crippen molar-refractivity contribution in [1.82, 2.24) is 10.6 Å². The number of nitrogens with one attached hydrogen (secondary N) is 1. The highest BCUT2D eigenvalue weighted by Gasteiger charge is 2.20. The van der Waals surface area contributed by atoms with Crippen LogP contribution in [0.2, 0.25) is 0 Å². The maximum absolute atomic E-state index is 12.6. The third kappa shape index (κ3) is 4.21.